The van der Waals surface area contributed by atoms with E-state index < -0.39 is 5.82 Å². The molecule has 1 N–H and O–H groups in total. The molecular formula is C17H11ClFN3O2. The Hall–Kier alpha value is -2.99. The highest BCUT2D eigenvalue weighted by Crippen LogP contribution is 2.21. The van der Waals surface area contributed by atoms with Crippen molar-refractivity contribution in [3.8, 4) is 11.8 Å². The molecule has 1 heterocycles. The molecule has 1 aromatic heterocycles. The van der Waals surface area contributed by atoms with Crippen LogP contribution in [0.1, 0.15) is 10.4 Å². The van der Waals surface area contributed by atoms with Gasteiger partial charge >= 0.3 is 6.01 Å². The Kier molecular flexibility index (Phi) is 4.67. The quantitative estimate of drug-likeness (QED) is 0.766. The number of ether oxygens (including phenoxy) is 1. The van der Waals surface area contributed by atoms with Gasteiger partial charge in [-0.25, -0.2) is 14.4 Å². The van der Waals surface area contributed by atoms with Gasteiger partial charge in [-0.15, -0.1) is 0 Å². The summed E-state index contributed by atoms with van der Waals surface area (Å²) < 4.78 is 18.7. The lowest BCUT2D eigenvalue weighted by Crippen LogP contribution is -2.12. The zero-order valence-corrected chi connectivity index (χ0v) is 13.0. The zero-order chi connectivity index (χ0) is 16.9. The van der Waals surface area contributed by atoms with Gasteiger partial charge in [-0.2, -0.15) is 0 Å². The van der Waals surface area contributed by atoms with E-state index in [4.69, 9.17) is 16.3 Å². The Morgan fingerprint density at radius 2 is 1.83 bits per heavy atom. The molecular weight excluding hydrogens is 333 g/mol. The average molecular weight is 344 g/mol. The number of nitrogens with zero attached hydrogens (tertiary/aromatic N) is 2. The van der Waals surface area contributed by atoms with E-state index in [0.29, 0.717) is 16.3 Å². The number of aromatic nitrogens is 2. The molecule has 3 aromatic rings. The molecule has 0 saturated carbocycles. The molecule has 24 heavy (non-hydrogen) atoms. The maximum absolute atomic E-state index is 13.5. The molecule has 0 radical (unpaired) electrons. The van der Waals surface area contributed by atoms with Crippen molar-refractivity contribution in [2.75, 3.05) is 5.32 Å². The number of hydrogen-bond donors (Lipinski definition) is 1. The van der Waals surface area contributed by atoms with Gasteiger partial charge in [0, 0.05) is 10.6 Å². The van der Waals surface area contributed by atoms with E-state index in [-0.39, 0.29) is 17.7 Å². The molecule has 5 nitrogen and oxygen atoms in total. The number of amides is 1. The first-order valence-electron chi connectivity index (χ1n) is 6.93. The molecule has 0 unspecified atom stereocenters. The second kappa shape index (κ2) is 7.06. The molecule has 1 amide bonds. The Morgan fingerprint density at radius 1 is 1.08 bits per heavy atom. The maximum atomic E-state index is 13.5. The largest absolute Gasteiger partial charge is 0.421 e. The highest BCUT2D eigenvalue weighted by molar-refractivity contribution is 6.31. The van der Waals surface area contributed by atoms with Crippen molar-refractivity contribution in [1.29, 1.82) is 0 Å². The number of rotatable bonds is 4. The molecule has 0 spiro atoms. The van der Waals surface area contributed by atoms with E-state index in [9.17, 15) is 9.18 Å². The fraction of sp³-hybridized carbons (Fsp3) is 0. The van der Waals surface area contributed by atoms with Crippen LogP contribution >= 0.6 is 11.6 Å². The average Bonchev–Trinajstić information content (AvgIpc) is 2.58. The SMILES string of the molecule is O=C(Nc1cnc(Oc2ccccc2F)nc1)c1cccc(Cl)c1. The van der Waals surface area contributed by atoms with Gasteiger partial charge < -0.3 is 10.1 Å². The second-order valence-electron chi connectivity index (χ2n) is 4.75. The summed E-state index contributed by atoms with van der Waals surface area (Å²) in [4.78, 5) is 20.0. The Labute approximate surface area is 142 Å². The highest BCUT2D eigenvalue weighted by Gasteiger charge is 2.09. The van der Waals surface area contributed by atoms with Gasteiger partial charge in [0.05, 0.1) is 18.1 Å². The minimum atomic E-state index is -0.514. The van der Waals surface area contributed by atoms with Crippen molar-refractivity contribution < 1.29 is 13.9 Å². The molecule has 7 heteroatoms. The fourth-order valence-corrected chi connectivity index (χ4v) is 2.08. The first kappa shape index (κ1) is 15.9. The minimum absolute atomic E-state index is 0.0215. The second-order valence-corrected chi connectivity index (χ2v) is 5.19. The predicted octanol–water partition coefficient (Wildman–Crippen LogP) is 4.31. The van der Waals surface area contributed by atoms with Crippen LogP contribution in [-0.2, 0) is 0 Å². The van der Waals surface area contributed by atoms with Gasteiger partial charge in [-0.05, 0) is 30.3 Å². The van der Waals surface area contributed by atoms with Crippen LogP contribution in [0.2, 0.25) is 5.02 Å². The van der Waals surface area contributed by atoms with Gasteiger partial charge in [0.1, 0.15) is 0 Å². The zero-order valence-electron chi connectivity index (χ0n) is 12.2. The topological polar surface area (TPSA) is 64.1 Å². The van der Waals surface area contributed by atoms with E-state index >= 15 is 0 Å². The van der Waals surface area contributed by atoms with Crippen molar-refractivity contribution in [2.24, 2.45) is 0 Å². The molecule has 0 aliphatic carbocycles. The maximum Gasteiger partial charge on any atom is 0.322 e. The van der Waals surface area contributed by atoms with Crippen LogP contribution in [0.5, 0.6) is 11.8 Å². The Bertz CT molecular complexity index is 872. The van der Waals surface area contributed by atoms with E-state index in [2.05, 4.69) is 15.3 Å². The normalized spacial score (nSPS) is 10.2. The van der Waals surface area contributed by atoms with Crippen molar-refractivity contribution in [3.05, 3.63) is 77.3 Å². The van der Waals surface area contributed by atoms with Gasteiger partial charge in [0.25, 0.3) is 5.91 Å². The Balaban J connectivity index is 1.68. The van der Waals surface area contributed by atoms with Crippen LogP contribution in [0.15, 0.2) is 60.9 Å². The summed E-state index contributed by atoms with van der Waals surface area (Å²) in [5, 5.41) is 3.10. The first-order chi connectivity index (χ1) is 11.6. The number of halogens is 2. The standard InChI is InChI=1S/C17H11ClFN3O2/c18-12-5-3-4-11(8-12)16(23)22-13-9-20-17(21-10-13)24-15-7-2-1-6-14(15)19/h1-10H,(H,22,23). The van der Waals surface area contributed by atoms with Crippen molar-refractivity contribution >= 4 is 23.2 Å². The summed E-state index contributed by atoms with van der Waals surface area (Å²) in [6.07, 6.45) is 2.73. The molecule has 0 atom stereocenters. The summed E-state index contributed by atoms with van der Waals surface area (Å²) in [6.45, 7) is 0. The monoisotopic (exact) mass is 343 g/mol. The van der Waals surface area contributed by atoms with E-state index in [1.165, 1.54) is 24.5 Å². The van der Waals surface area contributed by atoms with Crippen LogP contribution in [-0.4, -0.2) is 15.9 Å². The number of nitrogens with one attached hydrogen (secondary N) is 1. The lowest BCUT2D eigenvalue weighted by molar-refractivity contribution is 0.102. The van der Waals surface area contributed by atoms with Crippen molar-refractivity contribution in [3.63, 3.8) is 0 Å². The molecule has 120 valence electrons. The van der Waals surface area contributed by atoms with Crippen LogP contribution in [0.3, 0.4) is 0 Å². The highest BCUT2D eigenvalue weighted by atomic mass is 35.5. The smallest absolute Gasteiger partial charge is 0.322 e. The van der Waals surface area contributed by atoms with E-state index in [1.54, 1.807) is 36.4 Å². The molecule has 0 aliphatic heterocycles. The minimum Gasteiger partial charge on any atom is -0.421 e. The van der Waals surface area contributed by atoms with E-state index in [0.717, 1.165) is 0 Å². The number of para-hydroxylation sites is 1. The number of anilines is 1. The molecule has 0 aliphatic rings. The first-order valence-corrected chi connectivity index (χ1v) is 7.31. The predicted molar refractivity (Wildman–Crippen MR) is 87.9 cm³/mol. The van der Waals surface area contributed by atoms with Crippen molar-refractivity contribution in [2.45, 2.75) is 0 Å². The summed E-state index contributed by atoms with van der Waals surface area (Å²) in [6, 6.07) is 12.4. The van der Waals surface area contributed by atoms with Gasteiger partial charge in [0.15, 0.2) is 11.6 Å². The third-order valence-electron chi connectivity index (χ3n) is 3.01. The third kappa shape index (κ3) is 3.85. The molecule has 2 aromatic carbocycles. The lowest BCUT2D eigenvalue weighted by Gasteiger charge is -2.07. The summed E-state index contributed by atoms with van der Waals surface area (Å²) in [7, 11) is 0. The van der Waals surface area contributed by atoms with Crippen LogP contribution in [0.4, 0.5) is 10.1 Å². The van der Waals surface area contributed by atoms with Crippen LogP contribution in [0, 0.1) is 5.82 Å². The lowest BCUT2D eigenvalue weighted by atomic mass is 10.2. The third-order valence-corrected chi connectivity index (χ3v) is 3.25. The number of hydrogen-bond acceptors (Lipinski definition) is 4. The Morgan fingerprint density at radius 3 is 2.54 bits per heavy atom. The molecule has 0 fully saturated rings. The van der Waals surface area contributed by atoms with Gasteiger partial charge in [0.2, 0.25) is 0 Å². The van der Waals surface area contributed by atoms with Gasteiger partial charge in [-0.3, -0.25) is 4.79 Å². The van der Waals surface area contributed by atoms with Crippen molar-refractivity contribution in [1.82, 2.24) is 9.97 Å². The molecule has 0 saturated heterocycles. The number of benzene rings is 2. The summed E-state index contributed by atoms with van der Waals surface area (Å²) in [5.74, 6) is -0.837. The van der Waals surface area contributed by atoms with E-state index in [1.807, 2.05) is 0 Å². The molecule has 0 bridgehead atoms. The summed E-state index contributed by atoms with van der Waals surface area (Å²) in [5.41, 5.74) is 0.787. The van der Waals surface area contributed by atoms with Gasteiger partial charge in [-0.1, -0.05) is 29.8 Å². The van der Waals surface area contributed by atoms with Crippen LogP contribution < -0.4 is 10.1 Å². The molecule has 3 rings (SSSR count). The number of carbonyl (C=O) groups excluding carboxylic acids is 1. The van der Waals surface area contributed by atoms with Crippen LogP contribution in [0.25, 0.3) is 0 Å². The fourth-order valence-electron chi connectivity index (χ4n) is 1.89. The summed E-state index contributed by atoms with van der Waals surface area (Å²) >= 11 is 5.85. The number of carbonyl (C=O) groups is 1.